The van der Waals surface area contributed by atoms with E-state index in [0.29, 0.717) is 18.1 Å². The number of nitrogens with one attached hydrogen (secondary N) is 1. The Balaban J connectivity index is 1.86. The second-order valence-electron chi connectivity index (χ2n) is 7.95. The summed E-state index contributed by atoms with van der Waals surface area (Å²) in [7, 11) is 1.62. The number of hydrogen-bond donors (Lipinski definition) is 1. The maximum absolute atomic E-state index is 12.7. The number of anilines is 1. The third-order valence-corrected chi connectivity index (χ3v) is 6.41. The number of nitrogens with zero attached hydrogens (tertiary/aromatic N) is 3. The van der Waals surface area contributed by atoms with Crippen molar-refractivity contribution in [3.63, 3.8) is 0 Å². The van der Waals surface area contributed by atoms with E-state index in [9.17, 15) is 9.59 Å². The van der Waals surface area contributed by atoms with E-state index in [1.807, 2.05) is 36.1 Å². The molecule has 176 valence electrons. The van der Waals surface area contributed by atoms with E-state index in [0.717, 1.165) is 35.6 Å². The first-order chi connectivity index (χ1) is 15.5. The number of hydrogen-bond acceptors (Lipinski definition) is 6. The van der Waals surface area contributed by atoms with Crippen molar-refractivity contribution in [2.45, 2.75) is 78.2 Å². The largest absolute Gasteiger partial charge is 0.497 e. The molecule has 2 amide bonds. The van der Waals surface area contributed by atoms with Gasteiger partial charge in [0, 0.05) is 31.0 Å². The Morgan fingerprint density at radius 2 is 1.78 bits per heavy atom. The quantitative estimate of drug-likeness (QED) is 0.375. The van der Waals surface area contributed by atoms with Crippen molar-refractivity contribution >= 4 is 28.3 Å². The molecule has 2 aromatic rings. The molecule has 0 radical (unpaired) electrons. The van der Waals surface area contributed by atoms with Gasteiger partial charge < -0.3 is 15.0 Å². The first-order valence-corrected chi connectivity index (χ1v) is 12.4. The van der Waals surface area contributed by atoms with Crippen LogP contribution in [-0.4, -0.2) is 46.6 Å². The number of amides is 2. The Labute approximate surface area is 195 Å². The van der Waals surface area contributed by atoms with E-state index in [-0.39, 0.29) is 24.3 Å². The zero-order chi connectivity index (χ0) is 23.3. The lowest BCUT2D eigenvalue weighted by Gasteiger charge is -2.28. The number of benzene rings is 1. The first-order valence-electron chi connectivity index (χ1n) is 11.6. The van der Waals surface area contributed by atoms with Gasteiger partial charge in [0.15, 0.2) is 0 Å². The molecule has 32 heavy (non-hydrogen) atoms. The highest BCUT2D eigenvalue weighted by Gasteiger charge is 2.20. The third kappa shape index (κ3) is 8.22. The van der Waals surface area contributed by atoms with Crippen LogP contribution in [-0.2, 0) is 9.59 Å². The molecule has 0 bridgehead atoms. The minimum Gasteiger partial charge on any atom is -0.497 e. The first kappa shape index (κ1) is 25.8. The summed E-state index contributed by atoms with van der Waals surface area (Å²) >= 11 is 1.32. The smallest absolute Gasteiger partial charge is 0.227 e. The summed E-state index contributed by atoms with van der Waals surface area (Å²) in [5, 5.41) is 12.2. The van der Waals surface area contributed by atoms with E-state index in [1.54, 1.807) is 7.11 Å². The molecular weight excluding hydrogens is 424 g/mol. The van der Waals surface area contributed by atoms with Gasteiger partial charge in [-0.05, 0) is 44.0 Å². The molecule has 1 N–H and O–H groups in total. The number of aromatic nitrogens is 2. The Morgan fingerprint density at radius 3 is 2.44 bits per heavy atom. The van der Waals surface area contributed by atoms with Crippen molar-refractivity contribution < 1.29 is 14.3 Å². The molecule has 0 aliphatic heterocycles. The van der Waals surface area contributed by atoms with Gasteiger partial charge >= 0.3 is 0 Å². The molecule has 0 fully saturated rings. The Kier molecular flexibility index (Phi) is 11.1. The molecule has 1 aromatic heterocycles. The van der Waals surface area contributed by atoms with Gasteiger partial charge in [0.25, 0.3) is 0 Å². The van der Waals surface area contributed by atoms with Crippen LogP contribution in [0.25, 0.3) is 10.6 Å². The normalized spacial score (nSPS) is 11.8. The summed E-state index contributed by atoms with van der Waals surface area (Å²) in [6, 6.07) is 7.65. The number of carbonyl (C=O) groups excluding carboxylic acids is 2. The number of methoxy groups -OCH3 is 1. The molecule has 0 aliphatic carbocycles. The maximum atomic E-state index is 12.7. The SMILES string of the molecule is CCCCCCCC(=O)N(CCC(=O)Nc1nnc(-c2ccc(OC)cc2)s1)C(C)CC. The minimum absolute atomic E-state index is 0.120. The van der Waals surface area contributed by atoms with E-state index < -0.39 is 0 Å². The molecule has 2 rings (SSSR count). The zero-order valence-electron chi connectivity index (χ0n) is 19.7. The highest BCUT2D eigenvalue weighted by Crippen LogP contribution is 2.27. The van der Waals surface area contributed by atoms with Crippen LogP contribution in [0, 0.1) is 0 Å². The van der Waals surface area contributed by atoms with Gasteiger partial charge in [0.2, 0.25) is 16.9 Å². The van der Waals surface area contributed by atoms with Gasteiger partial charge in [0.05, 0.1) is 7.11 Å². The van der Waals surface area contributed by atoms with Crippen LogP contribution in [0.1, 0.15) is 72.1 Å². The fourth-order valence-electron chi connectivity index (χ4n) is 3.36. The summed E-state index contributed by atoms with van der Waals surface area (Å²) in [6.45, 7) is 6.70. The van der Waals surface area contributed by atoms with Crippen LogP contribution in [0.5, 0.6) is 5.75 Å². The molecule has 0 aliphatic rings. The van der Waals surface area contributed by atoms with E-state index in [4.69, 9.17) is 4.74 Å². The maximum Gasteiger partial charge on any atom is 0.227 e. The second kappa shape index (κ2) is 13.8. The summed E-state index contributed by atoms with van der Waals surface area (Å²) in [6.07, 6.45) is 7.24. The second-order valence-corrected chi connectivity index (χ2v) is 8.93. The van der Waals surface area contributed by atoms with Gasteiger partial charge in [-0.15, -0.1) is 10.2 Å². The molecule has 7 nitrogen and oxygen atoms in total. The van der Waals surface area contributed by atoms with E-state index in [1.165, 1.54) is 30.6 Å². The van der Waals surface area contributed by atoms with Gasteiger partial charge in [0.1, 0.15) is 10.8 Å². The van der Waals surface area contributed by atoms with Crippen molar-refractivity contribution in [2.75, 3.05) is 19.0 Å². The van der Waals surface area contributed by atoms with Gasteiger partial charge in [-0.1, -0.05) is 50.9 Å². The fraction of sp³-hybridized carbons (Fsp3) is 0.583. The molecule has 0 saturated heterocycles. The highest BCUT2D eigenvalue weighted by atomic mass is 32.1. The molecule has 8 heteroatoms. The lowest BCUT2D eigenvalue weighted by molar-refractivity contribution is -0.133. The summed E-state index contributed by atoms with van der Waals surface area (Å²) in [5.74, 6) is 0.751. The molecule has 1 unspecified atom stereocenters. The Hall–Kier alpha value is -2.48. The van der Waals surface area contributed by atoms with E-state index in [2.05, 4.69) is 29.4 Å². The summed E-state index contributed by atoms with van der Waals surface area (Å²) in [4.78, 5) is 27.1. The molecule has 1 aromatic carbocycles. The van der Waals surface area contributed by atoms with Crippen LogP contribution >= 0.6 is 11.3 Å². The monoisotopic (exact) mass is 460 g/mol. The summed E-state index contributed by atoms with van der Waals surface area (Å²) < 4.78 is 5.17. The third-order valence-electron chi connectivity index (χ3n) is 5.53. The van der Waals surface area contributed by atoms with E-state index >= 15 is 0 Å². The Morgan fingerprint density at radius 1 is 1.06 bits per heavy atom. The van der Waals surface area contributed by atoms with Crippen LogP contribution in [0.15, 0.2) is 24.3 Å². The van der Waals surface area contributed by atoms with Crippen LogP contribution in [0.4, 0.5) is 5.13 Å². The molecule has 1 atom stereocenters. The van der Waals surface area contributed by atoms with Crippen LogP contribution in [0.3, 0.4) is 0 Å². The fourth-order valence-corrected chi connectivity index (χ4v) is 4.13. The minimum atomic E-state index is -0.161. The topological polar surface area (TPSA) is 84.4 Å². The summed E-state index contributed by atoms with van der Waals surface area (Å²) in [5.41, 5.74) is 0.913. The predicted molar refractivity (Wildman–Crippen MR) is 130 cm³/mol. The molecule has 0 saturated carbocycles. The molecule has 0 spiro atoms. The van der Waals surface area contributed by atoms with Crippen molar-refractivity contribution in [3.05, 3.63) is 24.3 Å². The van der Waals surface area contributed by atoms with Crippen molar-refractivity contribution in [3.8, 4) is 16.3 Å². The number of carbonyl (C=O) groups is 2. The van der Waals surface area contributed by atoms with Gasteiger partial charge in [-0.3, -0.25) is 9.59 Å². The highest BCUT2D eigenvalue weighted by molar-refractivity contribution is 7.18. The number of rotatable bonds is 14. The van der Waals surface area contributed by atoms with Crippen molar-refractivity contribution in [1.82, 2.24) is 15.1 Å². The lowest BCUT2D eigenvalue weighted by atomic mass is 10.1. The van der Waals surface area contributed by atoms with Gasteiger partial charge in [-0.25, -0.2) is 0 Å². The average Bonchev–Trinajstić information content (AvgIpc) is 3.27. The van der Waals surface area contributed by atoms with Crippen LogP contribution < -0.4 is 10.1 Å². The number of unbranched alkanes of at least 4 members (excludes halogenated alkanes) is 4. The average molecular weight is 461 g/mol. The standard InChI is InChI=1S/C24H36N4O3S/c1-5-7-8-9-10-11-22(30)28(18(3)6-2)17-16-21(29)25-24-27-26-23(32-24)19-12-14-20(31-4)15-13-19/h12-15,18H,5-11,16-17H2,1-4H3,(H,25,27,29). The lowest BCUT2D eigenvalue weighted by Crippen LogP contribution is -2.40. The van der Waals surface area contributed by atoms with Crippen molar-refractivity contribution in [2.24, 2.45) is 0 Å². The molecular formula is C24H36N4O3S. The predicted octanol–water partition coefficient (Wildman–Crippen LogP) is 5.53. The zero-order valence-corrected chi connectivity index (χ0v) is 20.5. The molecule has 1 heterocycles. The van der Waals surface area contributed by atoms with Crippen molar-refractivity contribution in [1.29, 1.82) is 0 Å². The number of ether oxygens (including phenoxy) is 1. The van der Waals surface area contributed by atoms with Gasteiger partial charge in [-0.2, -0.15) is 0 Å². The van der Waals surface area contributed by atoms with Crippen LogP contribution in [0.2, 0.25) is 0 Å². The Bertz CT molecular complexity index is 838.